The van der Waals surface area contributed by atoms with Gasteiger partial charge in [-0.15, -0.1) is 0 Å². The zero-order chi connectivity index (χ0) is 13.1. The fourth-order valence-corrected chi connectivity index (χ4v) is 1.92. The molecule has 0 aliphatic carbocycles. The maximum atomic E-state index is 10.7. The van der Waals surface area contributed by atoms with Crippen molar-refractivity contribution in [1.29, 1.82) is 0 Å². The molecule has 1 amide bonds. The average Bonchev–Trinajstić information content (AvgIpc) is 2.67. The third kappa shape index (κ3) is 3.21. The van der Waals surface area contributed by atoms with Crippen LogP contribution in [0.4, 0.5) is 0 Å². The normalized spacial score (nSPS) is 12.8. The van der Waals surface area contributed by atoms with Crippen molar-refractivity contribution < 1.29 is 4.79 Å². The monoisotopic (exact) mass is 266 g/mol. The summed E-state index contributed by atoms with van der Waals surface area (Å²) in [4.78, 5) is 15.2. The van der Waals surface area contributed by atoms with Gasteiger partial charge < -0.3 is 15.5 Å². The standard InChI is InChI=1S/C12H15ClN4O/c1-8(4-11(14)18)15-5-10-7-17-6-9(13)2-3-12(17)16-10/h2-3,6-8,15H,4-5H2,1H3,(H2,14,18). The van der Waals surface area contributed by atoms with E-state index in [-0.39, 0.29) is 11.9 Å². The van der Waals surface area contributed by atoms with E-state index in [4.69, 9.17) is 17.3 Å². The summed E-state index contributed by atoms with van der Waals surface area (Å²) in [5.74, 6) is -0.309. The maximum Gasteiger partial charge on any atom is 0.218 e. The number of carbonyl (C=O) groups excluding carboxylic acids is 1. The molecule has 2 heterocycles. The highest BCUT2D eigenvalue weighted by atomic mass is 35.5. The summed E-state index contributed by atoms with van der Waals surface area (Å²) in [5.41, 5.74) is 6.87. The summed E-state index contributed by atoms with van der Waals surface area (Å²) < 4.78 is 1.87. The highest BCUT2D eigenvalue weighted by Crippen LogP contribution is 2.11. The van der Waals surface area contributed by atoms with Gasteiger partial charge in [-0.2, -0.15) is 0 Å². The first-order valence-corrected chi connectivity index (χ1v) is 6.07. The van der Waals surface area contributed by atoms with Gasteiger partial charge in [0, 0.05) is 31.4 Å². The number of hydrogen-bond donors (Lipinski definition) is 2. The number of nitrogens with zero attached hydrogens (tertiary/aromatic N) is 2. The van der Waals surface area contributed by atoms with Crippen molar-refractivity contribution in [3.8, 4) is 0 Å². The smallest absolute Gasteiger partial charge is 0.218 e. The van der Waals surface area contributed by atoms with Gasteiger partial charge in [0.2, 0.25) is 5.91 Å². The van der Waals surface area contributed by atoms with Crippen molar-refractivity contribution in [2.45, 2.75) is 25.9 Å². The van der Waals surface area contributed by atoms with Gasteiger partial charge in [-0.3, -0.25) is 4.79 Å². The minimum Gasteiger partial charge on any atom is -0.370 e. The molecule has 2 rings (SSSR count). The summed E-state index contributed by atoms with van der Waals surface area (Å²) in [6.45, 7) is 2.51. The lowest BCUT2D eigenvalue weighted by Gasteiger charge is -2.09. The van der Waals surface area contributed by atoms with Gasteiger partial charge in [-0.05, 0) is 19.1 Å². The molecule has 96 valence electrons. The van der Waals surface area contributed by atoms with Crippen molar-refractivity contribution in [1.82, 2.24) is 14.7 Å². The average molecular weight is 267 g/mol. The third-order valence-corrected chi connectivity index (χ3v) is 2.83. The van der Waals surface area contributed by atoms with Crippen molar-refractivity contribution in [2.24, 2.45) is 5.73 Å². The molecule has 5 nitrogen and oxygen atoms in total. The maximum absolute atomic E-state index is 10.7. The van der Waals surface area contributed by atoms with Crippen LogP contribution in [0.5, 0.6) is 0 Å². The topological polar surface area (TPSA) is 72.4 Å². The van der Waals surface area contributed by atoms with Crippen LogP contribution in [0.1, 0.15) is 19.0 Å². The van der Waals surface area contributed by atoms with Crippen LogP contribution in [0.3, 0.4) is 0 Å². The molecule has 0 saturated carbocycles. The van der Waals surface area contributed by atoms with Crippen LogP contribution in [0.15, 0.2) is 24.5 Å². The van der Waals surface area contributed by atoms with E-state index in [1.165, 1.54) is 0 Å². The first kappa shape index (κ1) is 12.9. The Morgan fingerprint density at radius 1 is 1.56 bits per heavy atom. The van der Waals surface area contributed by atoms with E-state index in [1.54, 1.807) is 12.3 Å². The Bertz CT molecular complexity index is 566. The van der Waals surface area contributed by atoms with Crippen LogP contribution in [-0.2, 0) is 11.3 Å². The zero-order valence-electron chi connectivity index (χ0n) is 10.1. The quantitative estimate of drug-likeness (QED) is 0.858. The third-order valence-electron chi connectivity index (χ3n) is 2.60. The van der Waals surface area contributed by atoms with Gasteiger partial charge in [0.1, 0.15) is 5.65 Å². The van der Waals surface area contributed by atoms with Crippen LogP contribution >= 0.6 is 11.6 Å². The summed E-state index contributed by atoms with van der Waals surface area (Å²) >= 11 is 5.90. The van der Waals surface area contributed by atoms with Crippen LogP contribution in [0.25, 0.3) is 5.65 Å². The SMILES string of the molecule is CC(CC(N)=O)NCc1cn2cc(Cl)ccc2n1. The molecule has 0 aliphatic heterocycles. The van der Waals surface area contributed by atoms with E-state index >= 15 is 0 Å². The predicted molar refractivity (Wildman–Crippen MR) is 70.3 cm³/mol. The molecular weight excluding hydrogens is 252 g/mol. The second-order valence-electron chi connectivity index (χ2n) is 4.30. The van der Waals surface area contributed by atoms with E-state index < -0.39 is 0 Å². The van der Waals surface area contributed by atoms with Crippen molar-refractivity contribution >= 4 is 23.2 Å². The van der Waals surface area contributed by atoms with Crippen molar-refractivity contribution in [2.75, 3.05) is 0 Å². The van der Waals surface area contributed by atoms with E-state index in [1.807, 2.05) is 23.6 Å². The number of nitrogens with one attached hydrogen (secondary N) is 1. The van der Waals surface area contributed by atoms with Gasteiger partial charge in [0.25, 0.3) is 0 Å². The Hall–Kier alpha value is -1.59. The highest BCUT2D eigenvalue weighted by molar-refractivity contribution is 6.30. The number of nitrogens with two attached hydrogens (primary N) is 1. The summed E-state index contributed by atoms with van der Waals surface area (Å²) in [5, 5.41) is 3.86. The second kappa shape index (κ2) is 5.37. The van der Waals surface area contributed by atoms with Crippen molar-refractivity contribution in [3.63, 3.8) is 0 Å². The Kier molecular flexibility index (Phi) is 3.84. The molecule has 18 heavy (non-hydrogen) atoms. The largest absolute Gasteiger partial charge is 0.370 e. The van der Waals surface area contributed by atoms with E-state index in [0.717, 1.165) is 11.3 Å². The zero-order valence-corrected chi connectivity index (χ0v) is 10.8. The summed E-state index contributed by atoms with van der Waals surface area (Å²) in [6.07, 6.45) is 4.03. The Morgan fingerprint density at radius 3 is 3.06 bits per heavy atom. The number of carbonyl (C=O) groups is 1. The number of rotatable bonds is 5. The molecule has 0 fully saturated rings. The molecule has 1 atom stereocenters. The number of halogens is 1. The first-order valence-electron chi connectivity index (χ1n) is 5.69. The van der Waals surface area contributed by atoms with Crippen molar-refractivity contribution in [3.05, 3.63) is 35.2 Å². The highest BCUT2D eigenvalue weighted by Gasteiger charge is 2.07. The molecular formula is C12H15ClN4O. The summed E-state index contributed by atoms with van der Waals surface area (Å²) in [6, 6.07) is 3.70. The second-order valence-corrected chi connectivity index (χ2v) is 4.73. The van der Waals surface area contributed by atoms with Gasteiger partial charge in [0.05, 0.1) is 10.7 Å². The Labute approximate surface area is 110 Å². The van der Waals surface area contributed by atoms with Crippen LogP contribution in [0.2, 0.25) is 5.02 Å². The molecule has 1 unspecified atom stereocenters. The summed E-state index contributed by atoms with van der Waals surface area (Å²) in [7, 11) is 0. The molecule has 0 saturated heterocycles. The number of imidazole rings is 1. The molecule has 0 spiro atoms. The first-order chi connectivity index (χ1) is 8.54. The molecule has 0 aliphatic rings. The van der Waals surface area contributed by atoms with Crippen LogP contribution in [-0.4, -0.2) is 21.3 Å². The minimum absolute atomic E-state index is 0.0379. The van der Waals surface area contributed by atoms with E-state index in [9.17, 15) is 4.79 Å². The molecule has 0 bridgehead atoms. The number of primary amides is 1. The lowest BCUT2D eigenvalue weighted by molar-refractivity contribution is -0.118. The molecule has 0 radical (unpaired) electrons. The number of fused-ring (bicyclic) bond motifs is 1. The Balaban J connectivity index is 2.01. The van der Waals surface area contributed by atoms with Gasteiger partial charge in [0.15, 0.2) is 0 Å². The number of amides is 1. The minimum atomic E-state index is -0.309. The number of aromatic nitrogens is 2. The number of hydrogen-bond acceptors (Lipinski definition) is 3. The fraction of sp³-hybridized carbons (Fsp3) is 0.333. The molecule has 3 N–H and O–H groups in total. The Morgan fingerprint density at radius 2 is 2.33 bits per heavy atom. The molecule has 2 aromatic heterocycles. The molecule has 6 heteroatoms. The van der Waals surface area contributed by atoms with Gasteiger partial charge in [-0.25, -0.2) is 4.98 Å². The van der Waals surface area contributed by atoms with Crippen LogP contribution < -0.4 is 11.1 Å². The van der Waals surface area contributed by atoms with E-state index in [0.29, 0.717) is 18.0 Å². The van der Waals surface area contributed by atoms with Crippen LogP contribution in [0, 0.1) is 0 Å². The lowest BCUT2D eigenvalue weighted by Crippen LogP contribution is -2.30. The lowest BCUT2D eigenvalue weighted by atomic mass is 10.2. The van der Waals surface area contributed by atoms with E-state index in [2.05, 4.69) is 10.3 Å². The predicted octanol–water partition coefficient (Wildman–Crippen LogP) is 1.34. The fourth-order valence-electron chi connectivity index (χ4n) is 1.76. The molecule has 2 aromatic rings. The molecule has 0 aromatic carbocycles. The van der Waals surface area contributed by atoms with Gasteiger partial charge >= 0.3 is 0 Å². The number of pyridine rings is 1. The van der Waals surface area contributed by atoms with Gasteiger partial charge in [-0.1, -0.05) is 11.6 Å².